The van der Waals surface area contributed by atoms with Crippen molar-refractivity contribution in [1.29, 1.82) is 0 Å². The number of anilines is 1. The first-order valence-corrected chi connectivity index (χ1v) is 12.0. The molecule has 10 nitrogen and oxygen atoms in total. The highest BCUT2D eigenvalue weighted by molar-refractivity contribution is 6.35. The summed E-state index contributed by atoms with van der Waals surface area (Å²) in [5.74, 6) is 1.12. The van der Waals surface area contributed by atoms with E-state index in [9.17, 15) is 9.59 Å². The van der Waals surface area contributed by atoms with Gasteiger partial charge >= 0.3 is 0 Å². The van der Waals surface area contributed by atoms with Crippen LogP contribution in [-0.2, 0) is 11.2 Å². The molecule has 36 heavy (non-hydrogen) atoms. The lowest BCUT2D eigenvalue weighted by atomic mass is 9.97. The summed E-state index contributed by atoms with van der Waals surface area (Å²) in [6.45, 7) is 6.75. The van der Waals surface area contributed by atoms with Gasteiger partial charge in [0.05, 0.1) is 37.0 Å². The summed E-state index contributed by atoms with van der Waals surface area (Å²) in [4.78, 5) is 36.6. The van der Waals surface area contributed by atoms with Crippen LogP contribution in [-0.4, -0.2) is 60.3 Å². The summed E-state index contributed by atoms with van der Waals surface area (Å²) in [6.07, 6.45) is 4.37. The van der Waals surface area contributed by atoms with Crippen LogP contribution in [0.2, 0.25) is 5.02 Å². The van der Waals surface area contributed by atoms with Crippen LogP contribution < -0.4 is 31.0 Å². The fourth-order valence-electron chi connectivity index (χ4n) is 4.40. The number of amides is 1. The Morgan fingerprint density at radius 3 is 2.69 bits per heavy atom. The van der Waals surface area contributed by atoms with E-state index >= 15 is 0 Å². The zero-order valence-electron chi connectivity index (χ0n) is 20.4. The van der Waals surface area contributed by atoms with Crippen molar-refractivity contribution in [3.05, 3.63) is 51.9 Å². The number of methoxy groups -OCH3 is 2. The van der Waals surface area contributed by atoms with E-state index in [1.165, 1.54) is 13.2 Å². The number of fused-ring (bicyclic) bond motifs is 1. The molecule has 2 aromatic heterocycles. The number of hydrogen-bond acceptors (Lipinski definition) is 8. The molecule has 0 spiro atoms. The quantitative estimate of drug-likeness (QED) is 0.322. The SMILES string of the molecule is C=CC(=O)N[C@H]1CNC[C@H]1Nc1ncc2cc(-c3c(Cl)c(OC)cc(OC)c3CCC)[nH]c(=O)c2n1. The number of hydrogen-bond donors (Lipinski definition) is 4. The van der Waals surface area contributed by atoms with E-state index < -0.39 is 0 Å². The third-order valence-electron chi connectivity index (χ3n) is 6.13. The molecule has 0 saturated carbocycles. The Labute approximate surface area is 213 Å². The number of halogens is 1. The highest BCUT2D eigenvalue weighted by Crippen LogP contribution is 2.43. The van der Waals surface area contributed by atoms with E-state index in [2.05, 4.69) is 44.4 Å². The molecule has 4 rings (SSSR count). The van der Waals surface area contributed by atoms with E-state index in [1.807, 2.05) is 0 Å². The van der Waals surface area contributed by atoms with Gasteiger partial charge in [0.15, 0.2) is 0 Å². The molecule has 4 N–H and O–H groups in total. The van der Waals surface area contributed by atoms with Crippen LogP contribution in [0.15, 0.2) is 35.8 Å². The minimum atomic E-state index is -0.380. The maximum Gasteiger partial charge on any atom is 0.275 e. The number of carbonyl (C=O) groups excluding carboxylic acids is 1. The number of carbonyl (C=O) groups is 1. The van der Waals surface area contributed by atoms with Crippen LogP contribution in [0.4, 0.5) is 5.95 Å². The molecular weight excluding hydrogens is 484 g/mol. The zero-order chi connectivity index (χ0) is 25.8. The number of H-pyrrole nitrogens is 1. The van der Waals surface area contributed by atoms with Crippen LogP contribution >= 0.6 is 11.6 Å². The molecule has 1 saturated heterocycles. The van der Waals surface area contributed by atoms with E-state index in [0.717, 1.165) is 12.0 Å². The number of ether oxygens (including phenoxy) is 2. The molecule has 1 aliphatic heterocycles. The smallest absolute Gasteiger partial charge is 0.275 e. The Bertz CT molecular complexity index is 1360. The fourth-order valence-corrected chi connectivity index (χ4v) is 4.75. The highest BCUT2D eigenvalue weighted by atomic mass is 35.5. The van der Waals surface area contributed by atoms with Crippen molar-refractivity contribution in [3.8, 4) is 22.8 Å². The molecule has 3 aromatic rings. The number of rotatable bonds is 9. The Balaban J connectivity index is 1.72. The first-order chi connectivity index (χ1) is 17.4. The predicted octanol–water partition coefficient (Wildman–Crippen LogP) is 2.66. The van der Waals surface area contributed by atoms with Gasteiger partial charge in [-0.1, -0.05) is 31.5 Å². The molecule has 1 aromatic carbocycles. The van der Waals surface area contributed by atoms with Gasteiger partial charge < -0.3 is 30.4 Å². The summed E-state index contributed by atoms with van der Waals surface area (Å²) in [6, 6.07) is 3.23. The van der Waals surface area contributed by atoms with Crippen molar-refractivity contribution in [3.63, 3.8) is 0 Å². The average molecular weight is 513 g/mol. The van der Waals surface area contributed by atoms with Crippen molar-refractivity contribution >= 4 is 34.4 Å². The third-order valence-corrected chi connectivity index (χ3v) is 6.50. The summed E-state index contributed by atoms with van der Waals surface area (Å²) < 4.78 is 11.0. The molecule has 0 radical (unpaired) electrons. The van der Waals surface area contributed by atoms with Gasteiger partial charge in [-0.05, 0) is 18.6 Å². The second kappa shape index (κ2) is 11.0. The molecule has 11 heteroatoms. The summed E-state index contributed by atoms with van der Waals surface area (Å²) in [5.41, 5.74) is 1.90. The first kappa shape index (κ1) is 25.5. The number of aromatic amines is 1. The molecular formula is C25H29ClN6O4. The van der Waals surface area contributed by atoms with Gasteiger partial charge in [0.2, 0.25) is 11.9 Å². The lowest BCUT2D eigenvalue weighted by Gasteiger charge is -2.20. The minimum absolute atomic E-state index is 0.149. The Kier molecular flexibility index (Phi) is 7.76. The standard InChI is InChI=1S/C25H29ClN6O4/c1-5-7-14-18(35-3)9-19(36-4)22(26)21(14)15-8-13-10-28-25(32-23(13)24(34)30-15)31-17-12-27-11-16(17)29-20(33)6-2/h6,8-10,16-17,27H,2,5,7,11-12H2,1,3-4H3,(H,29,33)(H,30,34)(H,28,31,32)/t16-,17+/m0/s1. The lowest BCUT2D eigenvalue weighted by Crippen LogP contribution is -2.45. The van der Waals surface area contributed by atoms with Crippen molar-refractivity contribution in [1.82, 2.24) is 25.6 Å². The topological polar surface area (TPSA) is 130 Å². The lowest BCUT2D eigenvalue weighted by molar-refractivity contribution is -0.117. The van der Waals surface area contributed by atoms with Crippen LogP contribution in [0, 0.1) is 0 Å². The first-order valence-electron chi connectivity index (χ1n) is 11.6. The number of pyridine rings is 1. The third kappa shape index (κ3) is 5.00. The summed E-state index contributed by atoms with van der Waals surface area (Å²) in [5, 5.41) is 10.2. The van der Waals surface area contributed by atoms with Crippen LogP contribution in [0.1, 0.15) is 18.9 Å². The average Bonchev–Trinajstić information content (AvgIpc) is 3.30. The molecule has 1 aliphatic rings. The van der Waals surface area contributed by atoms with Gasteiger partial charge in [0.1, 0.15) is 17.0 Å². The van der Waals surface area contributed by atoms with E-state index in [1.54, 1.807) is 25.4 Å². The van der Waals surface area contributed by atoms with Gasteiger partial charge in [-0.3, -0.25) is 9.59 Å². The van der Waals surface area contributed by atoms with Crippen molar-refractivity contribution in [2.45, 2.75) is 31.8 Å². The Hall–Kier alpha value is -3.63. The molecule has 0 aliphatic carbocycles. The van der Waals surface area contributed by atoms with Crippen LogP contribution in [0.3, 0.4) is 0 Å². The molecule has 3 heterocycles. The summed E-state index contributed by atoms with van der Waals surface area (Å²) in [7, 11) is 3.12. The monoisotopic (exact) mass is 512 g/mol. The van der Waals surface area contributed by atoms with Gasteiger partial charge in [-0.2, -0.15) is 0 Å². The predicted molar refractivity (Wildman–Crippen MR) is 140 cm³/mol. The molecule has 0 bridgehead atoms. The van der Waals surface area contributed by atoms with Crippen molar-refractivity contribution < 1.29 is 14.3 Å². The molecule has 1 fully saturated rings. The van der Waals surface area contributed by atoms with E-state index in [-0.39, 0.29) is 29.1 Å². The van der Waals surface area contributed by atoms with E-state index in [4.69, 9.17) is 21.1 Å². The highest BCUT2D eigenvalue weighted by Gasteiger charge is 2.28. The van der Waals surface area contributed by atoms with Gasteiger partial charge in [-0.25, -0.2) is 9.97 Å². The number of benzene rings is 1. The molecule has 2 atom stereocenters. The second-order valence-corrected chi connectivity index (χ2v) is 8.81. The van der Waals surface area contributed by atoms with Crippen molar-refractivity contribution in [2.24, 2.45) is 0 Å². The number of nitrogens with one attached hydrogen (secondary N) is 4. The largest absolute Gasteiger partial charge is 0.496 e. The maximum atomic E-state index is 13.1. The zero-order valence-corrected chi connectivity index (χ0v) is 21.2. The van der Waals surface area contributed by atoms with Crippen molar-refractivity contribution in [2.75, 3.05) is 32.6 Å². The van der Waals surface area contributed by atoms with Crippen LogP contribution in [0.25, 0.3) is 22.2 Å². The Morgan fingerprint density at radius 2 is 2.00 bits per heavy atom. The fraction of sp³-hybridized carbons (Fsp3) is 0.360. The maximum absolute atomic E-state index is 13.1. The normalized spacial score (nSPS) is 17.1. The van der Waals surface area contributed by atoms with Gasteiger partial charge in [-0.15, -0.1) is 0 Å². The Morgan fingerprint density at radius 1 is 1.25 bits per heavy atom. The second-order valence-electron chi connectivity index (χ2n) is 8.44. The van der Waals surface area contributed by atoms with Gasteiger partial charge in [0.25, 0.3) is 5.56 Å². The molecule has 0 unspecified atom stereocenters. The number of aromatic nitrogens is 3. The molecule has 190 valence electrons. The van der Waals surface area contributed by atoms with Crippen LogP contribution in [0.5, 0.6) is 11.5 Å². The van der Waals surface area contributed by atoms with E-state index in [0.29, 0.717) is 58.6 Å². The molecule has 1 amide bonds. The number of nitrogens with zero attached hydrogens (tertiary/aromatic N) is 2. The minimum Gasteiger partial charge on any atom is -0.496 e. The summed E-state index contributed by atoms with van der Waals surface area (Å²) >= 11 is 6.71. The van der Waals surface area contributed by atoms with Gasteiger partial charge in [0, 0.05) is 41.9 Å².